The lowest BCUT2D eigenvalue weighted by molar-refractivity contribution is -0.274. The molecule has 0 spiro atoms. The average molecular weight is 318 g/mol. The molecular weight excluding hydrogens is 314 g/mol. The molecule has 0 aromatic heterocycles. The summed E-state index contributed by atoms with van der Waals surface area (Å²) in [6.45, 7) is 0. The van der Waals surface area contributed by atoms with E-state index in [0.29, 0.717) is 0 Å². The number of alkyl halides is 3. The van der Waals surface area contributed by atoms with Crippen LogP contribution in [0.2, 0.25) is 0 Å². The van der Waals surface area contributed by atoms with Crippen LogP contribution in [0.3, 0.4) is 0 Å². The lowest BCUT2D eigenvalue weighted by Crippen LogP contribution is -2.19. The Labute approximate surface area is 101 Å². The molecule has 0 saturated heterocycles. The fraction of sp³-hybridized carbons (Fsp3) is 0.125. The van der Waals surface area contributed by atoms with Crippen LogP contribution in [0.15, 0.2) is 16.6 Å². The largest absolute Gasteiger partial charge is 0.573 e. The Morgan fingerprint density at radius 3 is 2.44 bits per heavy atom. The van der Waals surface area contributed by atoms with Gasteiger partial charge in [0.15, 0.2) is 5.75 Å². The van der Waals surface area contributed by atoms with Crippen molar-refractivity contribution in [2.45, 2.75) is 6.36 Å². The molecule has 0 aliphatic carbocycles. The van der Waals surface area contributed by atoms with Crippen LogP contribution in [0.5, 0.6) is 5.75 Å². The van der Waals surface area contributed by atoms with Gasteiger partial charge < -0.3 is 10.5 Å². The summed E-state index contributed by atoms with van der Waals surface area (Å²) in [6, 6.07) is 2.46. The molecule has 0 unspecified atom stereocenters. The number of ether oxygens (including phenoxy) is 1. The maximum Gasteiger partial charge on any atom is 0.573 e. The number of rotatable bonds is 2. The quantitative estimate of drug-likeness (QED) is 0.672. The Morgan fingerprint density at radius 2 is 2.00 bits per heavy atom. The fourth-order valence-corrected chi connectivity index (χ4v) is 1.60. The van der Waals surface area contributed by atoms with Gasteiger partial charge in [-0.2, -0.15) is 0 Å². The molecule has 0 saturated carbocycles. The van der Waals surface area contributed by atoms with Crippen LogP contribution in [0.4, 0.5) is 18.9 Å². The summed E-state index contributed by atoms with van der Waals surface area (Å²) >= 11 is 7.94. The fourth-order valence-electron chi connectivity index (χ4n) is 0.991. The first kappa shape index (κ1) is 13.1. The molecule has 3 nitrogen and oxygen atoms in total. The molecule has 88 valence electrons. The van der Waals surface area contributed by atoms with Gasteiger partial charge in [0, 0.05) is 5.69 Å². The van der Waals surface area contributed by atoms with Gasteiger partial charge in [-0.1, -0.05) is 0 Å². The first-order valence-electron chi connectivity index (χ1n) is 3.76. The lowest BCUT2D eigenvalue weighted by atomic mass is 10.2. The van der Waals surface area contributed by atoms with Gasteiger partial charge in [0.1, 0.15) is 5.56 Å². The Hall–Kier alpha value is -0.950. The Bertz CT molecular complexity index is 436. The van der Waals surface area contributed by atoms with Crippen molar-refractivity contribution >= 4 is 38.5 Å². The summed E-state index contributed by atoms with van der Waals surface area (Å²) in [5.41, 5.74) is 4.62. The van der Waals surface area contributed by atoms with E-state index in [1.807, 2.05) is 0 Å². The van der Waals surface area contributed by atoms with Gasteiger partial charge in [-0.05, 0) is 39.7 Å². The van der Waals surface area contributed by atoms with Gasteiger partial charge in [-0.3, -0.25) is 4.79 Å². The molecule has 0 bridgehead atoms. The van der Waals surface area contributed by atoms with Crippen LogP contribution in [-0.2, 0) is 0 Å². The van der Waals surface area contributed by atoms with Crippen molar-refractivity contribution in [3.63, 3.8) is 0 Å². The minimum atomic E-state index is -4.93. The van der Waals surface area contributed by atoms with Gasteiger partial charge >= 0.3 is 6.36 Å². The van der Waals surface area contributed by atoms with Gasteiger partial charge in [-0.25, -0.2) is 0 Å². The third-order valence-electron chi connectivity index (χ3n) is 1.56. The third kappa shape index (κ3) is 3.02. The second-order valence-electron chi connectivity index (χ2n) is 2.66. The predicted molar refractivity (Wildman–Crippen MR) is 55.4 cm³/mol. The molecule has 0 fully saturated rings. The van der Waals surface area contributed by atoms with Gasteiger partial charge in [0.2, 0.25) is 0 Å². The number of nitrogen functional groups attached to an aromatic ring is 1. The average Bonchev–Trinajstić information content (AvgIpc) is 2.08. The maximum absolute atomic E-state index is 12.1. The Balaban J connectivity index is 3.35. The van der Waals surface area contributed by atoms with Crippen LogP contribution in [-0.4, -0.2) is 11.6 Å². The number of halogens is 5. The van der Waals surface area contributed by atoms with Crippen molar-refractivity contribution in [3.05, 3.63) is 22.2 Å². The highest BCUT2D eigenvalue weighted by Crippen LogP contribution is 2.37. The molecule has 1 aromatic carbocycles. The van der Waals surface area contributed by atoms with Gasteiger partial charge in [-0.15, -0.1) is 13.2 Å². The zero-order chi connectivity index (χ0) is 12.5. The molecule has 1 rings (SSSR count). The summed E-state index contributed by atoms with van der Waals surface area (Å²) in [5.74, 6) is -0.743. The Morgan fingerprint density at radius 1 is 1.44 bits per heavy atom. The molecule has 2 N–H and O–H groups in total. The van der Waals surface area contributed by atoms with Crippen molar-refractivity contribution in [3.8, 4) is 5.75 Å². The van der Waals surface area contributed by atoms with E-state index in [4.69, 9.17) is 17.3 Å². The lowest BCUT2D eigenvalue weighted by Gasteiger charge is -2.14. The standard InChI is InChI=1S/C8H4BrClF3NO2/c9-3-1-2-4(14)5(7(10)15)6(3)16-8(11,12)13/h1-2H,14H2. The smallest absolute Gasteiger partial charge is 0.404 e. The van der Waals surface area contributed by atoms with Crippen LogP contribution < -0.4 is 10.5 Å². The number of anilines is 1. The summed E-state index contributed by atoms with van der Waals surface area (Å²) in [7, 11) is 0. The topological polar surface area (TPSA) is 52.3 Å². The van der Waals surface area contributed by atoms with Gasteiger partial charge in [0.25, 0.3) is 5.24 Å². The highest BCUT2D eigenvalue weighted by Gasteiger charge is 2.34. The third-order valence-corrected chi connectivity index (χ3v) is 2.37. The van der Waals surface area contributed by atoms with E-state index in [1.165, 1.54) is 12.1 Å². The minimum absolute atomic E-state index is 0.0666. The van der Waals surface area contributed by atoms with Crippen molar-refractivity contribution in [1.82, 2.24) is 0 Å². The molecule has 0 aliphatic heterocycles. The number of carbonyl (C=O) groups is 1. The number of nitrogens with two attached hydrogens (primary N) is 1. The van der Waals surface area contributed by atoms with E-state index >= 15 is 0 Å². The van der Waals surface area contributed by atoms with Crippen LogP contribution in [0.25, 0.3) is 0 Å². The molecule has 0 atom stereocenters. The molecule has 0 radical (unpaired) electrons. The van der Waals surface area contributed by atoms with Crippen LogP contribution >= 0.6 is 27.5 Å². The van der Waals surface area contributed by atoms with Crippen molar-refractivity contribution < 1.29 is 22.7 Å². The summed E-state index contributed by atoms with van der Waals surface area (Å²) in [6.07, 6.45) is -4.93. The molecular formula is C8H4BrClF3NO2. The number of carbonyl (C=O) groups excluding carboxylic acids is 1. The summed E-state index contributed by atoms with van der Waals surface area (Å²) in [4.78, 5) is 10.9. The highest BCUT2D eigenvalue weighted by atomic mass is 79.9. The van der Waals surface area contributed by atoms with Crippen LogP contribution in [0, 0.1) is 0 Å². The molecule has 16 heavy (non-hydrogen) atoms. The number of hydrogen-bond donors (Lipinski definition) is 1. The number of benzene rings is 1. The van der Waals surface area contributed by atoms with Crippen LogP contribution in [0.1, 0.15) is 10.4 Å². The van der Waals surface area contributed by atoms with Crippen molar-refractivity contribution in [2.24, 2.45) is 0 Å². The second kappa shape index (κ2) is 4.50. The van der Waals surface area contributed by atoms with E-state index < -0.39 is 22.9 Å². The second-order valence-corrected chi connectivity index (χ2v) is 3.86. The number of hydrogen-bond acceptors (Lipinski definition) is 3. The summed E-state index contributed by atoms with van der Waals surface area (Å²) in [5, 5.41) is -1.13. The van der Waals surface area contributed by atoms with E-state index in [0.717, 1.165) is 0 Å². The molecule has 0 heterocycles. The van der Waals surface area contributed by atoms with E-state index in [-0.39, 0.29) is 10.2 Å². The Kier molecular flexibility index (Phi) is 3.69. The zero-order valence-electron chi connectivity index (χ0n) is 7.44. The molecule has 1 aromatic rings. The first-order chi connectivity index (χ1) is 7.22. The van der Waals surface area contributed by atoms with Crippen molar-refractivity contribution in [2.75, 3.05) is 5.73 Å². The van der Waals surface area contributed by atoms with Gasteiger partial charge in [0.05, 0.1) is 4.47 Å². The van der Waals surface area contributed by atoms with E-state index in [2.05, 4.69) is 20.7 Å². The predicted octanol–water partition coefficient (Wildman–Crippen LogP) is 3.31. The van der Waals surface area contributed by atoms with E-state index in [1.54, 1.807) is 0 Å². The normalized spacial score (nSPS) is 11.3. The molecule has 0 aliphatic rings. The monoisotopic (exact) mass is 317 g/mol. The minimum Gasteiger partial charge on any atom is -0.404 e. The maximum atomic E-state index is 12.1. The highest BCUT2D eigenvalue weighted by molar-refractivity contribution is 9.10. The molecule has 0 amide bonds. The molecule has 8 heteroatoms. The SMILES string of the molecule is Nc1ccc(Br)c(OC(F)(F)F)c1C(=O)Cl. The summed E-state index contributed by atoms with van der Waals surface area (Å²) < 4.78 is 39.8. The first-order valence-corrected chi connectivity index (χ1v) is 4.93. The van der Waals surface area contributed by atoms with Crippen molar-refractivity contribution in [1.29, 1.82) is 0 Å². The van der Waals surface area contributed by atoms with E-state index in [9.17, 15) is 18.0 Å². The zero-order valence-corrected chi connectivity index (χ0v) is 9.78.